The van der Waals surface area contributed by atoms with E-state index in [1.165, 1.54) is 0 Å². The molecule has 7 heteroatoms. The molecule has 1 aliphatic heterocycles. The number of ketones is 1. The SMILES string of the molecule is C/C(=C\c1csc(C)n1)[C@@H]1C/C=C/CCC[C@H](C)[C@@H](O)[C@H](C)C(=O)C(C)(C)[C@H](O)CC(=O)O1. The fourth-order valence-electron chi connectivity index (χ4n) is 4.18. The number of nitrogens with zero attached hydrogens (tertiary/aromatic N) is 1. The number of thiazole rings is 1. The topological polar surface area (TPSA) is 96.7 Å². The lowest BCUT2D eigenvalue weighted by atomic mass is 9.73. The van der Waals surface area contributed by atoms with Crippen molar-refractivity contribution in [3.8, 4) is 0 Å². The van der Waals surface area contributed by atoms with E-state index < -0.39 is 35.6 Å². The van der Waals surface area contributed by atoms with Gasteiger partial charge in [0.25, 0.3) is 0 Å². The molecule has 0 saturated heterocycles. The van der Waals surface area contributed by atoms with Crippen LogP contribution in [0.15, 0.2) is 23.1 Å². The molecule has 0 unspecified atom stereocenters. The summed E-state index contributed by atoms with van der Waals surface area (Å²) >= 11 is 1.56. The first-order valence-corrected chi connectivity index (χ1v) is 12.7. The highest BCUT2D eigenvalue weighted by Crippen LogP contribution is 2.32. The van der Waals surface area contributed by atoms with Gasteiger partial charge in [-0.25, -0.2) is 4.98 Å². The lowest BCUT2D eigenvalue weighted by molar-refractivity contribution is -0.154. The molecule has 0 aromatic carbocycles. The Morgan fingerprint density at radius 2 is 1.94 bits per heavy atom. The first kappa shape index (κ1) is 27.4. The third kappa shape index (κ3) is 7.59. The number of aliphatic hydroxyl groups excluding tert-OH is 2. The number of aliphatic hydroxyl groups is 2. The first-order chi connectivity index (χ1) is 15.4. The fourth-order valence-corrected chi connectivity index (χ4v) is 4.75. The number of esters is 1. The third-order valence-corrected chi connectivity index (χ3v) is 7.47. The van der Waals surface area contributed by atoms with Crippen molar-refractivity contribution in [2.24, 2.45) is 17.3 Å². The number of Topliss-reactive ketones (excluding diaryl/α,β-unsaturated/α-hetero) is 1. The van der Waals surface area contributed by atoms with Gasteiger partial charge in [-0.2, -0.15) is 0 Å². The Hall–Kier alpha value is -1.83. The van der Waals surface area contributed by atoms with Crippen LogP contribution in [0.2, 0.25) is 0 Å². The summed E-state index contributed by atoms with van der Waals surface area (Å²) in [5.41, 5.74) is 0.513. The Morgan fingerprint density at radius 3 is 2.58 bits per heavy atom. The Kier molecular flexibility index (Phi) is 10.0. The highest BCUT2D eigenvalue weighted by molar-refractivity contribution is 7.09. The average molecular weight is 478 g/mol. The van der Waals surface area contributed by atoms with Crippen LogP contribution in [0.4, 0.5) is 0 Å². The van der Waals surface area contributed by atoms with Crippen LogP contribution in [0.5, 0.6) is 0 Å². The van der Waals surface area contributed by atoms with Crippen molar-refractivity contribution in [2.75, 3.05) is 0 Å². The van der Waals surface area contributed by atoms with E-state index in [0.717, 1.165) is 35.5 Å². The molecule has 2 N–H and O–H groups in total. The summed E-state index contributed by atoms with van der Waals surface area (Å²) in [5.74, 6) is -1.48. The Labute approximate surface area is 201 Å². The number of hydrogen-bond acceptors (Lipinski definition) is 7. The van der Waals surface area contributed by atoms with Crippen LogP contribution in [0.25, 0.3) is 6.08 Å². The Morgan fingerprint density at radius 1 is 1.24 bits per heavy atom. The molecule has 0 radical (unpaired) electrons. The fraction of sp³-hybridized carbons (Fsp3) is 0.654. The zero-order chi connectivity index (χ0) is 24.8. The zero-order valence-electron chi connectivity index (χ0n) is 20.7. The first-order valence-electron chi connectivity index (χ1n) is 11.8. The van der Waals surface area contributed by atoms with Gasteiger partial charge in [0.1, 0.15) is 11.9 Å². The second-order valence-corrected chi connectivity index (χ2v) is 10.9. The number of rotatable bonds is 2. The van der Waals surface area contributed by atoms with Gasteiger partial charge in [-0.05, 0) is 50.7 Å². The van der Waals surface area contributed by atoms with Gasteiger partial charge in [0.2, 0.25) is 0 Å². The minimum absolute atomic E-state index is 0.0392. The van der Waals surface area contributed by atoms with Crippen molar-refractivity contribution in [2.45, 2.75) is 92.0 Å². The van der Waals surface area contributed by atoms with E-state index in [9.17, 15) is 19.8 Å². The largest absolute Gasteiger partial charge is 0.457 e. The van der Waals surface area contributed by atoms with E-state index in [1.807, 2.05) is 38.3 Å². The molecule has 6 nitrogen and oxygen atoms in total. The van der Waals surface area contributed by atoms with Crippen molar-refractivity contribution < 1.29 is 24.5 Å². The molecule has 1 aromatic rings. The smallest absolute Gasteiger partial charge is 0.309 e. The second-order valence-electron chi connectivity index (χ2n) is 9.86. The van der Waals surface area contributed by atoms with Crippen molar-refractivity contribution in [1.29, 1.82) is 0 Å². The highest BCUT2D eigenvalue weighted by atomic mass is 32.1. The Bertz CT molecular complexity index is 872. The predicted molar refractivity (Wildman–Crippen MR) is 132 cm³/mol. The van der Waals surface area contributed by atoms with E-state index in [1.54, 1.807) is 32.1 Å². The summed E-state index contributed by atoms with van der Waals surface area (Å²) in [6, 6.07) is 0. The van der Waals surface area contributed by atoms with Gasteiger partial charge >= 0.3 is 5.97 Å². The molecule has 0 bridgehead atoms. The van der Waals surface area contributed by atoms with Crippen LogP contribution in [-0.4, -0.2) is 45.3 Å². The van der Waals surface area contributed by atoms with Crippen molar-refractivity contribution >= 4 is 29.2 Å². The van der Waals surface area contributed by atoms with E-state index in [2.05, 4.69) is 11.1 Å². The van der Waals surface area contributed by atoms with Gasteiger partial charge in [-0.3, -0.25) is 9.59 Å². The summed E-state index contributed by atoms with van der Waals surface area (Å²) in [6.45, 7) is 10.8. The molecule has 2 rings (SSSR count). The van der Waals surface area contributed by atoms with Crippen molar-refractivity contribution in [1.82, 2.24) is 4.98 Å². The van der Waals surface area contributed by atoms with Gasteiger partial charge < -0.3 is 14.9 Å². The summed E-state index contributed by atoms with van der Waals surface area (Å²) in [5, 5.41) is 24.4. The number of aryl methyl sites for hydroxylation is 1. The zero-order valence-corrected chi connectivity index (χ0v) is 21.5. The highest BCUT2D eigenvalue weighted by Gasteiger charge is 2.42. The van der Waals surface area contributed by atoms with Gasteiger partial charge in [-0.15, -0.1) is 11.3 Å². The molecular weight excluding hydrogens is 438 g/mol. The molecule has 0 amide bonds. The maximum atomic E-state index is 13.1. The number of aromatic nitrogens is 1. The number of cyclic esters (lactones) is 1. The molecule has 5 atom stereocenters. The van der Waals surface area contributed by atoms with E-state index in [4.69, 9.17) is 4.74 Å². The molecule has 0 spiro atoms. The van der Waals surface area contributed by atoms with Crippen LogP contribution in [0.3, 0.4) is 0 Å². The molecule has 2 heterocycles. The predicted octanol–water partition coefficient (Wildman–Crippen LogP) is 4.88. The maximum Gasteiger partial charge on any atom is 0.309 e. The van der Waals surface area contributed by atoms with E-state index in [0.29, 0.717) is 6.42 Å². The number of hydrogen-bond donors (Lipinski definition) is 2. The summed E-state index contributed by atoms with van der Waals surface area (Å²) in [4.78, 5) is 30.3. The molecular formula is C26H39NO5S. The van der Waals surface area contributed by atoms with Crippen LogP contribution < -0.4 is 0 Å². The number of ether oxygens (including phenoxy) is 1. The lowest BCUT2D eigenvalue weighted by Crippen LogP contribution is -2.45. The molecule has 1 aromatic heterocycles. The molecule has 0 fully saturated rings. The van der Waals surface area contributed by atoms with Crippen LogP contribution >= 0.6 is 11.3 Å². The van der Waals surface area contributed by atoms with E-state index >= 15 is 0 Å². The molecule has 33 heavy (non-hydrogen) atoms. The maximum absolute atomic E-state index is 13.1. The number of allylic oxidation sites excluding steroid dienone is 1. The van der Waals surface area contributed by atoms with Crippen molar-refractivity contribution in [3.63, 3.8) is 0 Å². The minimum atomic E-state index is -1.21. The lowest BCUT2D eigenvalue weighted by Gasteiger charge is -2.34. The summed E-state index contributed by atoms with van der Waals surface area (Å²) in [6.07, 6.45) is 6.28. The molecule has 184 valence electrons. The van der Waals surface area contributed by atoms with Crippen molar-refractivity contribution in [3.05, 3.63) is 33.8 Å². The van der Waals surface area contributed by atoms with Gasteiger partial charge in [-0.1, -0.05) is 39.8 Å². The second kappa shape index (κ2) is 12.0. The van der Waals surface area contributed by atoms with Gasteiger partial charge in [0, 0.05) is 17.7 Å². The monoisotopic (exact) mass is 477 g/mol. The van der Waals surface area contributed by atoms with Crippen LogP contribution in [-0.2, 0) is 14.3 Å². The third-order valence-electron chi connectivity index (χ3n) is 6.68. The summed E-state index contributed by atoms with van der Waals surface area (Å²) in [7, 11) is 0. The van der Waals surface area contributed by atoms with Gasteiger partial charge in [0.05, 0.1) is 34.7 Å². The number of carbonyl (C=O) groups excluding carboxylic acids is 2. The van der Waals surface area contributed by atoms with Crippen LogP contribution in [0, 0.1) is 24.2 Å². The average Bonchev–Trinajstić information content (AvgIpc) is 3.16. The number of carbonyl (C=O) groups is 2. The van der Waals surface area contributed by atoms with E-state index in [-0.39, 0.29) is 18.1 Å². The standard InChI is InChI=1S/C26H39NO5S/c1-16-11-9-7-8-10-12-21(17(2)13-20-15-33-19(4)27-20)32-23(29)14-22(28)26(5,6)25(31)18(3)24(16)30/h8,10,13,15-16,18,21-22,24,28,30H,7,9,11-12,14H2,1-6H3/b10-8+,17-13+/t16-,18-,21-,22+,24+/m0/s1. The minimum Gasteiger partial charge on any atom is -0.457 e. The van der Waals surface area contributed by atoms with Gasteiger partial charge in [0.15, 0.2) is 0 Å². The summed E-state index contributed by atoms with van der Waals surface area (Å²) < 4.78 is 5.75. The molecule has 1 aliphatic rings. The normalized spacial score (nSPS) is 31.8. The molecule has 0 aliphatic carbocycles. The Balaban J connectivity index is 2.27. The quantitative estimate of drug-likeness (QED) is 0.466. The molecule has 0 saturated carbocycles. The van der Waals surface area contributed by atoms with Crippen LogP contribution in [0.1, 0.15) is 77.4 Å².